The van der Waals surface area contributed by atoms with E-state index < -0.39 is 24.5 Å². The number of anilines is 1. The Balaban J connectivity index is 1.92. The number of nitrogens with one attached hydrogen (secondary N) is 2. The summed E-state index contributed by atoms with van der Waals surface area (Å²) >= 11 is 5.92. The first-order valence-corrected chi connectivity index (χ1v) is 8.88. The molecule has 0 bridgehead atoms. The summed E-state index contributed by atoms with van der Waals surface area (Å²) in [5, 5.41) is 5.71. The van der Waals surface area contributed by atoms with Crippen molar-refractivity contribution in [3.63, 3.8) is 0 Å². The van der Waals surface area contributed by atoms with Gasteiger partial charge in [0.25, 0.3) is 5.91 Å². The molecular formula is C20H21ClN2O5. The van der Waals surface area contributed by atoms with Crippen LogP contribution in [0.25, 0.3) is 0 Å². The number of methoxy groups -OCH3 is 1. The minimum Gasteiger partial charge on any atom is -0.495 e. The monoisotopic (exact) mass is 404 g/mol. The highest BCUT2D eigenvalue weighted by Gasteiger charge is 2.19. The number of ether oxygens (including phenoxy) is 2. The highest BCUT2D eigenvalue weighted by Crippen LogP contribution is 2.27. The number of amides is 2. The van der Waals surface area contributed by atoms with Gasteiger partial charge in [-0.05, 0) is 23.8 Å². The number of carbonyl (C=O) groups is 3. The fraction of sp³-hybridized carbons (Fsp3) is 0.250. The van der Waals surface area contributed by atoms with Gasteiger partial charge in [0.15, 0.2) is 6.61 Å². The summed E-state index contributed by atoms with van der Waals surface area (Å²) in [7, 11) is 1.46. The first-order valence-electron chi connectivity index (χ1n) is 8.50. The average molecular weight is 405 g/mol. The van der Waals surface area contributed by atoms with E-state index in [-0.39, 0.29) is 12.3 Å². The molecule has 0 heterocycles. The third-order valence-corrected chi connectivity index (χ3v) is 3.99. The van der Waals surface area contributed by atoms with Gasteiger partial charge in [0.1, 0.15) is 5.75 Å². The third-order valence-electron chi connectivity index (χ3n) is 3.75. The Bertz CT molecular complexity index is 842. The summed E-state index contributed by atoms with van der Waals surface area (Å²) in [6.07, 6.45) is -0.0998. The van der Waals surface area contributed by atoms with E-state index in [1.54, 1.807) is 36.4 Å². The molecule has 0 fully saturated rings. The van der Waals surface area contributed by atoms with Gasteiger partial charge >= 0.3 is 5.97 Å². The molecule has 0 aliphatic carbocycles. The van der Waals surface area contributed by atoms with Crippen molar-refractivity contribution in [2.45, 2.75) is 19.4 Å². The minimum absolute atomic E-state index is 0.0998. The summed E-state index contributed by atoms with van der Waals surface area (Å²) in [5.74, 6) is -0.994. The number of halogens is 1. The first kappa shape index (κ1) is 21.2. The minimum atomic E-state index is -0.615. The molecule has 7 nitrogen and oxygen atoms in total. The molecule has 148 valence electrons. The van der Waals surface area contributed by atoms with Crippen molar-refractivity contribution in [1.29, 1.82) is 0 Å². The molecule has 8 heteroatoms. The first-order chi connectivity index (χ1) is 13.4. The molecule has 0 unspecified atom stereocenters. The van der Waals surface area contributed by atoms with E-state index in [2.05, 4.69) is 10.6 Å². The molecule has 2 amide bonds. The summed E-state index contributed by atoms with van der Waals surface area (Å²) in [6, 6.07) is 13.3. The molecule has 2 aromatic rings. The summed E-state index contributed by atoms with van der Waals surface area (Å²) in [5.41, 5.74) is 1.14. The molecule has 1 atom stereocenters. The van der Waals surface area contributed by atoms with E-state index in [1.807, 2.05) is 6.07 Å². The van der Waals surface area contributed by atoms with Crippen molar-refractivity contribution in [3.05, 3.63) is 59.1 Å². The van der Waals surface area contributed by atoms with Crippen molar-refractivity contribution in [1.82, 2.24) is 5.32 Å². The van der Waals surface area contributed by atoms with E-state index in [4.69, 9.17) is 21.1 Å². The predicted octanol–water partition coefficient (Wildman–Crippen LogP) is 3.10. The molecule has 2 aromatic carbocycles. The predicted molar refractivity (Wildman–Crippen MR) is 105 cm³/mol. The van der Waals surface area contributed by atoms with Crippen LogP contribution < -0.4 is 15.4 Å². The van der Waals surface area contributed by atoms with Crippen LogP contribution in [0, 0.1) is 0 Å². The number of hydrogen-bond acceptors (Lipinski definition) is 5. The van der Waals surface area contributed by atoms with Crippen molar-refractivity contribution in [2.24, 2.45) is 0 Å². The maximum absolute atomic E-state index is 12.1. The molecule has 0 radical (unpaired) electrons. The normalized spacial score (nSPS) is 11.2. The number of hydrogen-bond donors (Lipinski definition) is 2. The van der Waals surface area contributed by atoms with Crippen molar-refractivity contribution in [2.75, 3.05) is 19.0 Å². The van der Waals surface area contributed by atoms with Crippen LogP contribution in [-0.2, 0) is 19.1 Å². The van der Waals surface area contributed by atoms with Gasteiger partial charge in [-0.3, -0.25) is 14.4 Å². The van der Waals surface area contributed by atoms with Gasteiger partial charge in [0, 0.05) is 11.9 Å². The molecule has 0 aliphatic heterocycles. The highest BCUT2D eigenvalue weighted by molar-refractivity contribution is 6.31. The molecule has 0 spiro atoms. The summed E-state index contributed by atoms with van der Waals surface area (Å²) in [4.78, 5) is 35.6. The molecule has 0 saturated carbocycles. The maximum Gasteiger partial charge on any atom is 0.308 e. The lowest BCUT2D eigenvalue weighted by Crippen LogP contribution is -2.29. The van der Waals surface area contributed by atoms with Gasteiger partial charge in [-0.15, -0.1) is 0 Å². The Kier molecular flexibility index (Phi) is 7.83. The Morgan fingerprint density at radius 2 is 1.82 bits per heavy atom. The second kappa shape index (κ2) is 10.3. The Labute approximate surface area is 168 Å². The van der Waals surface area contributed by atoms with E-state index in [0.29, 0.717) is 16.5 Å². The van der Waals surface area contributed by atoms with E-state index in [0.717, 1.165) is 5.56 Å². The highest BCUT2D eigenvalue weighted by atomic mass is 35.5. The fourth-order valence-corrected chi connectivity index (χ4v) is 2.69. The lowest BCUT2D eigenvalue weighted by Gasteiger charge is -2.17. The number of esters is 1. The smallest absolute Gasteiger partial charge is 0.308 e. The third kappa shape index (κ3) is 6.59. The van der Waals surface area contributed by atoms with Crippen LogP contribution in [0.1, 0.15) is 24.9 Å². The zero-order valence-corrected chi connectivity index (χ0v) is 16.3. The molecule has 0 saturated heterocycles. The van der Waals surface area contributed by atoms with Crippen LogP contribution in [0.15, 0.2) is 48.5 Å². The topological polar surface area (TPSA) is 93.7 Å². The Morgan fingerprint density at radius 1 is 1.11 bits per heavy atom. The van der Waals surface area contributed by atoms with Gasteiger partial charge in [-0.2, -0.15) is 0 Å². The van der Waals surface area contributed by atoms with Gasteiger partial charge < -0.3 is 20.1 Å². The standard InChI is InChI=1S/C20H21ClN2O5/c1-13(24)22-16(14-6-4-3-5-7-14)11-20(26)28-12-19(25)23-17-10-15(21)8-9-18(17)27-2/h3-10,16H,11-12H2,1-2H3,(H,22,24)(H,23,25)/t16-/m1/s1. The average Bonchev–Trinajstić information content (AvgIpc) is 2.66. The van der Waals surface area contributed by atoms with Crippen LogP contribution in [0.4, 0.5) is 5.69 Å². The lowest BCUT2D eigenvalue weighted by molar-refractivity contribution is -0.148. The molecule has 2 rings (SSSR count). The zero-order valence-electron chi connectivity index (χ0n) is 15.5. The van der Waals surface area contributed by atoms with Crippen molar-refractivity contribution in [3.8, 4) is 5.75 Å². The molecule has 0 aliphatic rings. The lowest BCUT2D eigenvalue weighted by atomic mass is 10.0. The van der Waals surface area contributed by atoms with Gasteiger partial charge in [0.05, 0.1) is 25.3 Å². The SMILES string of the molecule is COc1ccc(Cl)cc1NC(=O)COC(=O)C[C@@H](NC(C)=O)c1ccccc1. The Morgan fingerprint density at radius 3 is 2.46 bits per heavy atom. The van der Waals surface area contributed by atoms with Gasteiger partial charge in [-0.25, -0.2) is 0 Å². The van der Waals surface area contributed by atoms with Crippen LogP contribution in [0.3, 0.4) is 0 Å². The fourth-order valence-electron chi connectivity index (χ4n) is 2.52. The molecule has 28 heavy (non-hydrogen) atoms. The largest absolute Gasteiger partial charge is 0.495 e. The summed E-state index contributed by atoms with van der Waals surface area (Å²) in [6.45, 7) is 0.892. The van der Waals surface area contributed by atoms with Crippen LogP contribution in [-0.4, -0.2) is 31.5 Å². The number of benzene rings is 2. The molecule has 0 aromatic heterocycles. The van der Waals surface area contributed by atoms with Crippen molar-refractivity contribution >= 4 is 35.1 Å². The van der Waals surface area contributed by atoms with Crippen molar-refractivity contribution < 1.29 is 23.9 Å². The van der Waals surface area contributed by atoms with Crippen LogP contribution in [0.2, 0.25) is 5.02 Å². The second-order valence-electron chi connectivity index (χ2n) is 5.92. The zero-order chi connectivity index (χ0) is 20.5. The van der Waals surface area contributed by atoms with Crippen LogP contribution >= 0.6 is 11.6 Å². The molecule has 2 N–H and O–H groups in total. The van der Waals surface area contributed by atoms with Gasteiger partial charge in [-0.1, -0.05) is 41.9 Å². The van der Waals surface area contributed by atoms with Gasteiger partial charge in [0.2, 0.25) is 5.91 Å². The quantitative estimate of drug-likeness (QED) is 0.659. The van der Waals surface area contributed by atoms with Crippen LogP contribution in [0.5, 0.6) is 5.75 Å². The number of rotatable bonds is 8. The Hall–Kier alpha value is -3.06. The van der Waals surface area contributed by atoms with E-state index in [1.165, 1.54) is 20.1 Å². The summed E-state index contributed by atoms with van der Waals surface area (Å²) < 4.78 is 10.2. The van der Waals surface area contributed by atoms with E-state index >= 15 is 0 Å². The number of carbonyl (C=O) groups excluding carboxylic acids is 3. The maximum atomic E-state index is 12.1. The second-order valence-corrected chi connectivity index (χ2v) is 6.36. The van der Waals surface area contributed by atoms with E-state index in [9.17, 15) is 14.4 Å². The molecular weight excluding hydrogens is 384 g/mol.